The smallest absolute Gasteiger partial charge is 0.121 e. The van der Waals surface area contributed by atoms with Crippen molar-refractivity contribution in [3.63, 3.8) is 0 Å². The van der Waals surface area contributed by atoms with E-state index in [0.717, 1.165) is 24.7 Å². The molecule has 0 N–H and O–H groups in total. The molecule has 0 atom stereocenters. The van der Waals surface area contributed by atoms with E-state index in [2.05, 4.69) is 23.2 Å². The Bertz CT molecular complexity index is 199. The van der Waals surface area contributed by atoms with Crippen molar-refractivity contribution in [2.75, 3.05) is 20.1 Å². The van der Waals surface area contributed by atoms with Crippen molar-refractivity contribution in [2.45, 2.75) is 6.42 Å². The minimum absolute atomic E-state index is 1.05. The summed E-state index contributed by atoms with van der Waals surface area (Å²) >= 11 is 0. The minimum atomic E-state index is 1.05. The van der Waals surface area contributed by atoms with E-state index in [-0.39, 0.29) is 0 Å². The molecule has 0 aromatic carbocycles. The van der Waals surface area contributed by atoms with Crippen LogP contribution < -0.4 is 0 Å². The molecular weight excluding hydrogens is 138 g/mol. The number of rotatable bonds is 0. The Morgan fingerprint density at radius 1 is 1.09 bits per heavy atom. The van der Waals surface area contributed by atoms with Crippen molar-refractivity contribution >= 4 is 0 Å². The Labute approximate surface area is 67.2 Å². The summed E-state index contributed by atoms with van der Waals surface area (Å²) in [5.74, 6) is 2.10. The molecule has 0 bridgehead atoms. The van der Waals surface area contributed by atoms with E-state index in [1.54, 1.807) is 0 Å². The van der Waals surface area contributed by atoms with Crippen LogP contribution in [-0.4, -0.2) is 35.1 Å². The second-order valence-electron chi connectivity index (χ2n) is 2.99. The predicted octanol–water partition coefficient (Wildman–Crippen LogP) is 0.797. The lowest BCUT2D eigenvalue weighted by Crippen LogP contribution is -2.26. The normalized spacial score (nSPS) is 23.5. The van der Waals surface area contributed by atoms with Gasteiger partial charge in [0.15, 0.2) is 0 Å². The van der Waals surface area contributed by atoms with Gasteiger partial charge in [0.2, 0.25) is 0 Å². The van der Waals surface area contributed by atoms with E-state index in [9.17, 15) is 0 Å². The molecule has 2 rings (SSSR count). The first-order valence-electron chi connectivity index (χ1n) is 3.88. The number of hydrazine groups is 1. The van der Waals surface area contributed by atoms with Crippen LogP contribution >= 0.6 is 0 Å². The fourth-order valence-corrected chi connectivity index (χ4v) is 1.64. The maximum atomic E-state index is 3.98. The number of hydrogen-bond donors (Lipinski definition) is 0. The highest BCUT2D eigenvalue weighted by atomic mass is 15.8. The molecule has 0 unspecified atom stereocenters. The quantitative estimate of drug-likeness (QED) is 0.507. The molecule has 2 saturated heterocycles. The van der Waals surface area contributed by atoms with Gasteiger partial charge in [-0.2, -0.15) is 0 Å². The second kappa shape index (κ2) is 1.94. The third kappa shape index (κ3) is 0.679. The molecule has 2 aliphatic heterocycles. The fraction of sp³-hybridized carbons (Fsp3) is 0.500. The van der Waals surface area contributed by atoms with Crippen LogP contribution in [0.15, 0.2) is 24.8 Å². The minimum Gasteiger partial charge on any atom is -0.316 e. The van der Waals surface area contributed by atoms with Gasteiger partial charge in [0.05, 0.1) is 0 Å². The van der Waals surface area contributed by atoms with Crippen LogP contribution in [0.4, 0.5) is 0 Å². The maximum Gasteiger partial charge on any atom is 0.121 e. The SMILES string of the molecule is C=C1N(C)C(=C)N2CCCN12. The highest BCUT2D eigenvalue weighted by Gasteiger charge is 2.34. The largest absolute Gasteiger partial charge is 0.316 e. The van der Waals surface area contributed by atoms with Crippen LogP contribution in [0.25, 0.3) is 0 Å². The maximum absolute atomic E-state index is 3.98. The van der Waals surface area contributed by atoms with Crippen LogP contribution in [0.1, 0.15) is 6.42 Å². The Hall–Kier alpha value is -1.12. The summed E-state index contributed by atoms with van der Waals surface area (Å²) in [6.45, 7) is 10.1. The van der Waals surface area contributed by atoms with Gasteiger partial charge in [-0.05, 0) is 6.42 Å². The third-order valence-electron chi connectivity index (χ3n) is 2.40. The Balaban J connectivity index is 2.30. The summed E-state index contributed by atoms with van der Waals surface area (Å²) in [4.78, 5) is 2.03. The zero-order valence-corrected chi connectivity index (χ0v) is 6.88. The van der Waals surface area contributed by atoms with Gasteiger partial charge in [-0.15, -0.1) is 0 Å². The molecule has 0 spiro atoms. The zero-order valence-electron chi connectivity index (χ0n) is 6.88. The van der Waals surface area contributed by atoms with Crippen molar-refractivity contribution in [2.24, 2.45) is 0 Å². The zero-order chi connectivity index (χ0) is 8.01. The van der Waals surface area contributed by atoms with Crippen LogP contribution in [0, 0.1) is 0 Å². The molecular formula is C8H13N3. The second-order valence-corrected chi connectivity index (χ2v) is 2.99. The van der Waals surface area contributed by atoms with Gasteiger partial charge in [0, 0.05) is 20.1 Å². The summed E-state index contributed by atoms with van der Waals surface area (Å²) in [6.07, 6.45) is 1.21. The Kier molecular flexibility index (Phi) is 1.16. The summed E-state index contributed by atoms with van der Waals surface area (Å²) < 4.78 is 0. The molecule has 0 radical (unpaired) electrons. The van der Waals surface area contributed by atoms with Gasteiger partial charge in [0.25, 0.3) is 0 Å². The fourth-order valence-electron chi connectivity index (χ4n) is 1.64. The van der Waals surface area contributed by atoms with E-state index in [1.807, 2.05) is 11.9 Å². The molecule has 2 fully saturated rings. The average molecular weight is 151 g/mol. The standard InChI is InChI=1S/C8H13N3/c1-7-9(3)8(2)11-6-4-5-10(7)11/h1-2,4-6H2,3H3. The molecule has 2 heterocycles. The van der Waals surface area contributed by atoms with Gasteiger partial charge in [0.1, 0.15) is 11.6 Å². The molecule has 3 heteroatoms. The number of fused-ring (bicyclic) bond motifs is 1. The lowest BCUT2D eigenvalue weighted by Gasteiger charge is -2.19. The molecule has 0 saturated carbocycles. The van der Waals surface area contributed by atoms with Gasteiger partial charge in [-0.3, -0.25) is 10.0 Å². The van der Waals surface area contributed by atoms with Crippen molar-refractivity contribution in [1.29, 1.82) is 0 Å². The monoisotopic (exact) mass is 151 g/mol. The van der Waals surface area contributed by atoms with Crippen molar-refractivity contribution in [1.82, 2.24) is 14.9 Å². The molecule has 11 heavy (non-hydrogen) atoms. The van der Waals surface area contributed by atoms with Gasteiger partial charge in [-0.25, -0.2) is 0 Å². The summed E-state index contributed by atoms with van der Waals surface area (Å²) in [5.41, 5.74) is 0. The lowest BCUT2D eigenvalue weighted by molar-refractivity contribution is 0.146. The van der Waals surface area contributed by atoms with Crippen molar-refractivity contribution < 1.29 is 0 Å². The van der Waals surface area contributed by atoms with E-state index in [1.165, 1.54) is 6.42 Å². The summed E-state index contributed by atoms with van der Waals surface area (Å²) in [7, 11) is 2.00. The molecule has 0 aliphatic carbocycles. The summed E-state index contributed by atoms with van der Waals surface area (Å²) in [6, 6.07) is 0. The topological polar surface area (TPSA) is 9.72 Å². The lowest BCUT2D eigenvalue weighted by atomic mass is 10.4. The Morgan fingerprint density at radius 3 is 2.00 bits per heavy atom. The Morgan fingerprint density at radius 2 is 1.55 bits per heavy atom. The van der Waals surface area contributed by atoms with Crippen LogP contribution in [-0.2, 0) is 0 Å². The van der Waals surface area contributed by atoms with E-state index in [0.29, 0.717) is 0 Å². The molecule has 2 aliphatic rings. The molecule has 3 nitrogen and oxygen atoms in total. The first-order chi connectivity index (χ1) is 5.22. The van der Waals surface area contributed by atoms with Gasteiger partial charge >= 0.3 is 0 Å². The van der Waals surface area contributed by atoms with Crippen LogP contribution in [0.5, 0.6) is 0 Å². The highest BCUT2D eigenvalue weighted by Crippen LogP contribution is 2.31. The molecule has 0 aromatic rings. The van der Waals surface area contributed by atoms with E-state index >= 15 is 0 Å². The first-order valence-corrected chi connectivity index (χ1v) is 3.88. The van der Waals surface area contributed by atoms with Gasteiger partial charge in [-0.1, -0.05) is 13.2 Å². The first kappa shape index (κ1) is 6.58. The predicted molar refractivity (Wildman–Crippen MR) is 44.1 cm³/mol. The average Bonchev–Trinajstić information content (AvgIpc) is 2.53. The third-order valence-corrected chi connectivity index (χ3v) is 2.40. The van der Waals surface area contributed by atoms with Crippen LogP contribution in [0.3, 0.4) is 0 Å². The molecule has 60 valence electrons. The number of nitrogens with zero attached hydrogens (tertiary/aromatic N) is 3. The van der Waals surface area contributed by atoms with Gasteiger partial charge < -0.3 is 4.90 Å². The van der Waals surface area contributed by atoms with E-state index < -0.39 is 0 Å². The number of hydrogen-bond acceptors (Lipinski definition) is 3. The molecule has 0 aromatic heterocycles. The van der Waals surface area contributed by atoms with Crippen molar-refractivity contribution in [3.05, 3.63) is 24.8 Å². The van der Waals surface area contributed by atoms with Crippen LogP contribution in [0.2, 0.25) is 0 Å². The highest BCUT2D eigenvalue weighted by molar-refractivity contribution is 5.13. The van der Waals surface area contributed by atoms with Crippen molar-refractivity contribution in [3.8, 4) is 0 Å². The van der Waals surface area contributed by atoms with E-state index in [4.69, 9.17) is 0 Å². The molecule has 0 amide bonds. The summed E-state index contributed by atoms with van der Waals surface area (Å²) in [5, 5.41) is 4.37.